The van der Waals surface area contributed by atoms with Crippen molar-refractivity contribution in [1.29, 1.82) is 10.5 Å². The van der Waals surface area contributed by atoms with Crippen LogP contribution in [0.3, 0.4) is 0 Å². The highest BCUT2D eigenvalue weighted by Gasteiger charge is 2.08. The predicted molar refractivity (Wildman–Crippen MR) is 103 cm³/mol. The van der Waals surface area contributed by atoms with E-state index in [1.54, 1.807) is 24.4 Å². The Balaban J connectivity index is 1.46. The maximum atomic E-state index is 9.18. The molecule has 0 fully saturated rings. The molecule has 0 amide bonds. The van der Waals surface area contributed by atoms with E-state index in [9.17, 15) is 5.26 Å². The third kappa shape index (κ3) is 3.50. The largest absolute Gasteiger partial charge is 0.270 e. The summed E-state index contributed by atoms with van der Waals surface area (Å²) in [4.78, 5) is 4.31. The van der Waals surface area contributed by atoms with Crippen LogP contribution in [0.5, 0.6) is 0 Å². The molecular weight excluding hydrogens is 350 g/mol. The highest BCUT2D eigenvalue weighted by atomic mass is 15.3. The van der Waals surface area contributed by atoms with Gasteiger partial charge in [-0.3, -0.25) is 14.3 Å². The smallest absolute Gasteiger partial charge is 0.111 e. The summed E-state index contributed by atoms with van der Waals surface area (Å²) in [5.74, 6) is 0. The summed E-state index contributed by atoms with van der Waals surface area (Å²) in [5.41, 5.74) is 3.97. The molecule has 4 aromatic rings. The second-order valence-corrected chi connectivity index (χ2v) is 6.13. The predicted octanol–water partition coefficient (Wildman–Crippen LogP) is 3.25. The van der Waals surface area contributed by atoms with E-state index in [0.29, 0.717) is 24.2 Å². The lowest BCUT2D eigenvalue weighted by molar-refractivity contribution is 0.501. The van der Waals surface area contributed by atoms with E-state index in [-0.39, 0.29) is 0 Å². The van der Waals surface area contributed by atoms with Gasteiger partial charge >= 0.3 is 0 Å². The molecule has 3 aromatic heterocycles. The van der Waals surface area contributed by atoms with E-state index >= 15 is 0 Å². The molecule has 0 aliphatic heterocycles. The molecule has 134 valence electrons. The molecule has 1 aromatic carbocycles. The zero-order chi connectivity index (χ0) is 19.3. The Labute approximate surface area is 161 Å². The number of aryl methyl sites for hydroxylation is 2. The minimum absolute atomic E-state index is 0.355. The highest BCUT2D eigenvalue weighted by molar-refractivity contribution is 5.64. The third-order valence-corrected chi connectivity index (χ3v) is 4.32. The monoisotopic (exact) mass is 365 g/mol. The minimum Gasteiger partial charge on any atom is -0.270 e. The fraction of sp³-hybridized carbons (Fsp3) is 0.0952. The number of benzene rings is 1. The normalized spacial score (nSPS) is 10.4. The molecule has 0 atom stereocenters. The van der Waals surface area contributed by atoms with Crippen molar-refractivity contribution in [3.63, 3.8) is 0 Å². The molecule has 0 radical (unpaired) electrons. The van der Waals surface area contributed by atoms with E-state index < -0.39 is 0 Å². The lowest BCUT2D eigenvalue weighted by atomic mass is 10.0. The van der Waals surface area contributed by atoms with Crippen molar-refractivity contribution in [1.82, 2.24) is 24.5 Å². The van der Waals surface area contributed by atoms with Crippen molar-refractivity contribution in [2.45, 2.75) is 13.1 Å². The first-order chi connectivity index (χ1) is 13.8. The van der Waals surface area contributed by atoms with E-state index in [2.05, 4.69) is 21.3 Å². The fourth-order valence-electron chi connectivity index (χ4n) is 2.88. The van der Waals surface area contributed by atoms with Crippen LogP contribution in [-0.4, -0.2) is 24.5 Å². The average Bonchev–Trinajstić information content (AvgIpc) is 3.42. The van der Waals surface area contributed by atoms with Crippen molar-refractivity contribution in [3.05, 3.63) is 78.2 Å². The molecule has 7 nitrogen and oxygen atoms in total. The quantitative estimate of drug-likeness (QED) is 0.541. The van der Waals surface area contributed by atoms with Gasteiger partial charge in [0.25, 0.3) is 0 Å². The summed E-state index contributed by atoms with van der Waals surface area (Å²) < 4.78 is 3.70. The van der Waals surface area contributed by atoms with Crippen LogP contribution < -0.4 is 0 Å². The molecule has 0 spiro atoms. The van der Waals surface area contributed by atoms with Crippen LogP contribution >= 0.6 is 0 Å². The Morgan fingerprint density at radius 2 is 1.46 bits per heavy atom. The second kappa shape index (κ2) is 7.56. The van der Waals surface area contributed by atoms with Crippen molar-refractivity contribution < 1.29 is 0 Å². The summed E-state index contributed by atoms with van der Waals surface area (Å²) in [5, 5.41) is 27.3. The van der Waals surface area contributed by atoms with Gasteiger partial charge in [-0.25, -0.2) is 0 Å². The number of rotatable bonds is 5. The number of hydrogen-bond acceptors (Lipinski definition) is 5. The Kier molecular flexibility index (Phi) is 4.65. The van der Waals surface area contributed by atoms with Crippen LogP contribution in [0.1, 0.15) is 11.1 Å². The average molecular weight is 365 g/mol. The maximum Gasteiger partial charge on any atom is 0.111 e. The van der Waals surface area contributed by atoms with E-state index in [4.69, 9.17) is 5.26 Å². The first kappa shape index (κ1) is 17.2. The van der Waals surface area contributed by atoms with Gasteiger partial charge in [-0.1, -0.05) is 12.1 Å². The summed E-state index contributed by atoms with van der Waals surface area (Å²) in [6.45, 7) is 1.33. The van der Waals surface area contributed by atoms with Crippen LogP contribution in [0.4, 0.5) is 0 Å². The van der Waals surface area contributed by atoms with Gasteiger partial charge in [0, 0.05) is 24.2 Å². The Morgan fingerprint density at radius 3 is 2.14 bits per heavy atom. The molecule has 0 aliphatic rings. The number of aromatic nitrogens is 5. The van der Waals surface area contributed by atoms with Gasteiger partial charge in [-0.15, -0.1) is 0 Å². The van der Waals surface area contributed by atoms with Gasteiger partial charge in [-0.05, 0) is 36.4 Å². The van der Waals surface area contributed by atoms with Crippen molar-refractivity contribution in [2.24, 2.45) is 0 Å². The minimum atomic E-state index is 0.355. The summed E-state index contributed by atoms with van der Waals surface area (Å²) in [6, 6.07) is 18.8. The van der Waals surface area contributed by atoms with Crippen LogP contribution in [0.15, 0.2) is 67.1 Å². The summed E-state index contributed by atoms with van der Waals surface area (Å²) >= 11 is 0. The van der Waals surface area contributed by atoms with Crippen molar-refractivity contribution in [2.75, 3.05) is 0 Å². The Morgan fingerprint density at radius 1 is 0.750 bits per heavy atom. The molecule has 0 unspecified atom stereocenters. The molecule has 0 saturated heterocycles. The molecule has 0 N–H and O–H groups in total. The number of nitriles is 2. The molecule has 0 saturated carbocycles. The van der Waals surface area contributed by atoms with Gasteiger partial charge in [0.1, 0.15) is 17.8 Å². The summed E-state index contributed by atoms with van der Waals surface area (Å²) in [6.07, 6.45) is 5.57. The van der Waals surface area contributed by atoms with Crippen LogP contribution in [-0.2, 0) is 13.1 Å². The first-order valence-electron chi connectivity index (χ1n) is 8.70. The van der Waals surface area contributed by atoms with Gasteiger partial charge < -0.3 is 0 Å². The van der Waals surface area contributed by atoms with Gasteiger partial charge in [0.15, 0.2) is 0 Å². The molecule has 4 rings (SSSR count). The number of pyridine rings is 1. The molecule has 0 aliphatic carbocycles. The highest BCUT2D eigenvalue weighted by Crippen LogP contribution is 2.20. The van der Waals surface area contributed by atoms with Gasteiger partial charge in [-0.2, -0.15) is 20.7 Å². The Hall–Kier alpha value is -4.23. The first-order valence-corrected chi connectivity index (χ1v) is 8.70. The second-order valence-electron chi connectivity index (χ2n) is 6.13. The summed E-state index contributed by atoms with van der Waals surface area (Å²) in [7, 11) is 0. The zero-order valence-corrected chi connectivity index (χ0v) is 14.9. The Bertz CT molecular complexity index is 1190. The van der Waals surface area contributed by atoms with E-state index in [1.165, 1.54) is 0 Å². The van der Waals surface area contributed by atoms with E-state index in [1.807, 2.05) is 58.2 Å². The van der Waals surface area contributed by atoms with Crippen LogP contribution in [0.25, 0.3) is 22.6 Å². The SMILES string of the molecule is N#Cc1ccc(-c2ccn(CCn3ccc(-c4ccccn4)n3)n2)cc1C#N. The lowest BCUT2D eigenvalue weighted by Gasteiger charge is -2.03. The molecule has 7 heteroatoms. The van der Waals surface area contributed by atoms with E-state index in [0.717, 1.165) is 22.6 Å². The topological polar surface area (TPSA) is 96.1 Å². The fourth-order valence-corrected chi connectivity index (χ4v) is 2.88. The number of nitrogens with zero attached hydrogens (tertiary/aromatic N) is 7. The number of hydrogen-bond donors (Lipinski definition) is 0. The molecule has 3 heterocycles. The zero-order valence-electron chi connectivity index (χ0n) is 14.9. The molecule has 0 bridgehead atoms. The maximum absolute atomic E-state index is 9.18. The standard InChI is InChI=1S/C21H15N7/c22-14-17-5-4-16(13-18(17)15-23)19-6-9-27(25-19)11-12-28-10-7-21(26-28)20-3-1-2-8-24-20/h1-10,13H,11-12H2. The van der Waals surface area contributed by atoms with Crippen LogP contribution in [0, 0.1) is 22.7 Å². The van der Waals surface area contributed by atoms with Crippen molar-refractivity contribution >= 4 is 0 Å². The van der Waals surface area contributed by atoms with Crippen molar-refractivity contribution in [3.8, 4) is 34.8 Å². The van der Waals surface area contributed by atoms with Gasteiger partial charge in [0.05, 0.1) is 35.6 Å². The lowest BCUT2D eigenvalue weighted by Crippen LogP contribution is -2.08. The molecular formula is C21H15N7. The molecule has 28 heavy (non-hydrogen) atoms. The van der Waals surface area contributed by atoms with Crippen LogP contribution in [0.2, 0.25) is 0 Å². The van der Waals surface area contributed by atoms with Gasteiger partial charge in [0.2, 0.25) is 0 Å². The third-order valence-electron chi connectivity index (χ3n) is 4.32.